The van der Waals surface area contributed by atoms with Crippen LogP contribution in [0.4, 0.5) is 4.39 Å². The molecule has 1 aromatic rings. The van der Waals surface area contributed by atoms with Crippen LogP contribution >= 0.6 is 7.14 Å². The van der Waals surface area contributed by atoms with Crippen LogP contribution in [0.15, 0.2) is 24.3 Å². The highest BCUT2D eigenvalue weighted by Crippen LogP contribution is 2.50. The molecule has 0 bridgehead atoms. The molecule has 18 heavy (non-hydrogen) atoms. The minimum absolute atomic E-state index is 0.176. The van der Waals surface area contributed by atoms with Crippen molar-refractivity contribution in [3.05, 3.63) is 35.6 Å². The summed E-state index contributed by atoms with van der Waals surface area (Å²) in [7, 11) is -2.57. The van der Waals surface area contributed by atoms with Gasteiger partial charge in [0.15, 0.2) is 0 Å². The number of nitrogens with one attached hydrogen (secondary N) is 2. The predicted molar refractivity (Wildman–Crippen MR) is 66.5 cm³/mol. The Kier molecular flexibility index (Phi) is 5.02. The molecule has 0 fully saturated rings. The van der Waals surface area contributed by atoms with Crippen LogP contribution in [0, 0.1) is 5.82 Å². The Balaban J connectivity index is 2.89. The van der Waals surface area contributed by atoms with E-state index in [-0.39, 0.29) is 12.4 Å². The second-order valence-electron chi connectivity index (χ2n) is 4.30. The number of benzene rings is 1. The first-order valence-corrected chi connectivity index (χ1v) is 7.98. The highest BCUT2D eigenvalue weighted by molar-refractivity contribution is 7.62. The first-order valence-electron chi connectivity index (χ1n) is 5.31. The number of hydrogen-bond acceptors (Lipinski definition) is 4. The summed E-state index contributed by atoms with van der Waals surface area (Å²) in [5.41, 5.74) is 2.12. The third-order valence-electron chi connectivity index (χ3n) is 2.39. The van der Waals surface area contributed by atoms with Crippen LogP contribution in [0.25, 0.3) is 0 Å². The van der Waals surface area contributed by atoms with E-state index in [1.807, 2.05) is 0 Å². The Hall–Kier alpha value is -1.23. The molecule has 0 heterocycles. The standard InChI is InChI=1S/C11H16FN2O3P/c1-18(2,17)11(13-7-10(15)14-16)8-3-5-9(12)6-4-8/h3-6,11,13,16H,7H2,1-2H3,(H,14,15). The molecule has 0 spiro atoms. The van der Waals surface area contributed by atoms with Crippen LogP contribution in [0.2, 0.25) is 0 Å². The summed E-state index contributed by atoms with van der Waals surface area (Å²) in [6.07, 6.45) is 0. The number of amides is 1. The van der Waals surface area contributed by atoms with Crippen molar-refractivity contribution in [1.82, 2.24) is 10.8 Å². The van der Waals surface area contributed by atoms with E-state index in [2.05, 4.69) is 5.32 Å². The maximum absolute atomic E-state index is 12.8. The van der Waals surface area contributed by atoms with Gasteiger partial charge in [0.25, 0.3) is 5.91 Å². The molecule has 0 aliphatic carbocycles. The highest BCUT2D eigenvalue weighted by Gasteiger charge is 2.25. The second-order valence-corrected chi connectivity index (χ2v) is 7.69. The maximum Gasteiger partial charge on any atom is 0.257 e. The van der Waals surface area contributed by atoms with Crippen molar-refractivity contribution in [2.24, 2.45) is 0 Å². The number of halogens is 1. The first-order chi connectivity index (χ1) is 8.34. The first kappa shape index (κ1) is 14.8. The van der Waals surface area contributed by atoms with Gasteiger partial charge < -0.3 is 4.57 Å². The molecule has 1 atom stereocenters. The summed E-state index contributed by atoms with van der Waals surface area (Å²) in [5, 5.41) is 11.2. The average Bonchev–Trinajstić information content (AvgIpc) is 2.29. The van der Waals surface area contributed by atoms with Crippen LogP contribution in [0.5, 0.6) is 0 Å². The Bertz CT molecular complexity index is 458. The van der Waals surface area contributed by atoms with Gasteiger partial charge in [-0.05, 0) is 31.0 Å². The molecule has 7 heteroatoms. The van der Waals surface area contributed by atoms with Gasteiger partial charge in [-0.25, -0.2) is 9.87 Å². The third-order valence-corrected chi connectivity index (χ3v) is 4.11. The monoisotopic (exact) mass is 274 g/mol. The van der Waals surface area contributed by atoms with Crippen molar-refractivity contribution < 1.29 is 19.0 Å². The zero-order valence-corrected chi connectivity index (χ0v) is 11.1. The quantitative estimate of drug-likeness (QED) is 0.432. The molecule has 5 nitrogen and oxygen atoms in total. The lowest BCUT2D eigenvalue weighted by atomic mass is 10.2. The molecule has 0 saturated heterocycles. The van der Waals surface area contributed by atoms with Crippen molar-refractivity contribution in [1.29, 1.82) is 0 Å². The summed E-state index contributed by atoms with van der Waals surface area (Å²) < 4.78 is 25.0. The molecule has 0 aliphatic rings. The molecular formula is C11H16FN2O3P. The Morgan fingerprint density at radius 2 is 1.94 bits per heavy atom. The van der Waals surface area contributed by atoms with Crippen LogP contribution in [0.1, 0.15) is 11.3 Å². The fourth-order valence-electron chi connectivity index (χ4n) is 1.57. The molecule has 1 amide bonds. The highest BCUT2D eigenvalue weighted by atomic mass is 31.2. The molecule has 1 unspecified atom stereocenters. The van der Waals surface area contributed by atoms with Gasteiger partial charge >= 0.3 is 0 Å². The molecule has 3 N–H and O–H groups in total. The summed E-state index contributed by atoms with van der Waals surface area (Å²) in [6, 6.07) is 5.57. The molecule has 100 valence electrons. The van der Waals surface area contributed by atoms with E-state index >= 15 is 0 Å². The minimum atomic E-state index is -2.57. The van der Waals surface area contributed by atoms with Crippen molar-refractivity contribution >= 4 is 13.0 Å². The summed E-state index contributed by atoms with van der Waals surface area (Å²) in [6.45, 7) is 2.97. The van der Waals surface area contributed by atoms with Gasteiger partial charge in [0.05, 0.1) is 12.3 Å². The fourth-order valence-corrected chi connectivity index (χ4v) is 2.99. The zero-order chi connectivity index (χ0) is 13.8. The molecule has 0 radical (unpaired) electrons. The number of hydrogen-bond donors (Lipinski definition) is 3. The number of carbonyl (C=O) groups is 1. The lowest BCUT2D eigenvalue weighted by molar-refractivity contribution is -0.128. The van der Waals surface area contributed by atoms with Crippen LogP contribution < -0.4 is 10.8 Å². The number of hydroxylamine groups is 1. The molecular weight excluding hydrogens is 258 g/mol. The Labute approximate surface area is 105 Å². The number of carbonyl (C=O) groups excluding carboxylic acids is 1. The van der Waals surface area contributed by atoms with Crippen molar-refractivity contribution in [2.45, 2.75) is 5.78 Å². The second kappa shape index (κ2) is 6.09. The normalized spacial score (nSPS) is 13.1. The van der Waals surface area contributed by atoms with E-state index in [1.165, 1.54) is 29.7 Å². The molecule has 0 saturated carbocycles. The van der Waals surface area contributed by atoms with Gasteiger partial charge in [-0.15, -0.1) is 0 Å². The van der Waals surface area contributed by atoms with Crippen LogP contribution in [-0.2, 0) is 9.36 Å². The lowest BCUT2D eigenvalue weighted by Crippen LogP contribution is -2.34. The van der Waals surface area contributed by atoms with Gasteiger partial charge in [-0.3, -0.25) is 15.3 Å². The van der Waals surface area contributed by atoms with Gasteiger partial charge in [-0.1, -0.05) is 12.1 Å². The van der Waals surface area contributed by atoms with E-state index in [1.54, 1.807) is 13.3 Å². The van der Waals surface area contributed by atoms with E-state index in [0.29, 0.717) is 5.56 Å². The zero-order valence-electron chi connectivity index (χ0n) is 10.2. The molecule has 1 rings (SSSR count). The maximum atomic E-state index is 12.8. The largest absolute Gasteiger partial charge is 0.322 e. The smallest absolute Gasteiger partial charge is 0.257 e. The number of rotatable bonds is 5. The summed E-state index contributed by atoms with van der Waals surface area (Å²) >= 11 is 0. The van der Waals surface area contributed by atoms with Gasteiger partial charge in [0, 0.05) is 0 Å². The fraction of sp³-hybridized carbons (Fsp3) is 0.364. The van der Waals surface area contributed by atoms with E-state index in [4.69, 9.17) is 5.21 Å². The van der Waals surface area contributed by atoms with Gasteiger partial charge in [0.1, 0.15) is 13.0 Å². The SMILES string of the molecule is CP(C)(=O)C(NCC(=O)NO)c1ccc(F)cc1. The average molecular weight is 274 g/mol. The summed E-state index contributed by atoms with van der Waals surface area (Å²) in [5.74, 6) is -1.57. The van der Waals surface area contributed by atoms with Gasteiger partial charge in [0.2, 0.25) is 0 Å². The van der Waals surface area contributed by atoms with Crippen molar-refractivity contribution in [2.75, 3.05) is 19.9 Å². The lowest BCUT2D eigenvalue weighted by Gasteiger charge is -2.22. The third kappa shape index (κ3) is 4.22. The predicted octanol–water partition coefficient (Wildman–Crippen LogP) is 1.54. The van der Waals surface area contributed by atoms with E-state index in [9.17, 15) is 13.8 Å². The van der Waals surface area contributed by atoms with Crippen molar-refractivity contribution in [3.8, 4) is 0 Å². The Morgan fingerprint density at radius 1 is 1.39 bits per heavy atom. The van der Waals surface area contributed by atoms with Crippen LogP contribution in [-0.4, -0.2) is 31.0 Å². The van der Waals surface area contributed by atoms with Crippen molar-refractivity contribution in [3.63, 3.8) is 0 Å². The molecule has 0 aliphatic heterocycles. The van der Waals surface area contributed by atoms with Crippen LogP contribution in [0.3, 0.4) is 0 Å². The topological polar surface area (TPSA) is 78.4 Å². The minimum Gasteiger partial charge on any atom is -0.322 e. The molecule has 1 aromatic carbocycles. The summed E-state index contributed by atoms with van der Waals surface area (Å²) in [4.78, 5) is 11.0. The van der Waals surface area contributed by atoms with E-state index < -0.39 is 18.8 Å². The Morgan fingerprint density at radius 3 is 2.39 bits per heavy atom. The molecule has 0 aromatic heterocycles. The van der Waals surface area contributed by atoms with E-state index in [0.717, 1.165) is 0 Å². The van der Waals surface area contributed by atoms with Gasteiger partial charge in [-0.2, -0.15) is 0 Å².